The van der Waals surface area contributed by atoms with Crippen molar-refractivity contribution >= 4 is 17.2 Å². The minimum Gasteiger partial charge on any atom is -0.329 e. The highest BCUT2D eigenvalue weighted by Crippen LogP contribution is 2.35. The summed E-state index contributed by atoms with van der Waals surface area (Å²) in [6.45, 7) is 2.05. The average molecular weight is 304 g/mol. The van der Waals surface area contributed by atoms with E-state index in [4.69, 9.17) is 0 Å². The summed E-state index contributed by atoms with van der Waals surface area (Å²) in [7, 11) is 0. The number of rotatable bonds is 3. The molecule has 2 heterocycles. The summed E-state index contributed by atoms with van der Waals surface area (Å²) in [5, 5.41) is 2.99. The minimum atomic E-state index is -0.614. The van der Waals surface area contributed by atoms with E-state index in [-0.39, 0.29) is 11.9 Å². The molecular formula is C16H17FN2OS. The molecule has 3 nitrogen and oxygen atoms in total. The molecule has 2 aromatic rings. The van der Waals surface area contributed by atoms with E-state index in [0.717, 1.165) is 23.5 Å². The topological polar surface area (TPSA) is 33.2 Å². The molecule has 110 valence electrons. The number of carbonyl (C=O) groups excluding carboxylic acids is 1. The van der Waals surface area contributed by atoms with Crippen LogP contribution in [0.5, 0.6) is 0 Å². The monoisotopic (exact) mass is 304 g/mol. The Morgan fingerprint density at radius 3 is 3.00 bits per heavy atom. The quantitative estimate of drug-likeness (QED) is 0.861. The van der Waals surface area contributed by atoms with Gasteiger partial charge in [0, 0.05) is 23.2 Å². The average Bonchev–Trinajstić information content (AvgIpc) is 3.14. The van der Waals surface area contributed by atoms with Crippen LogP contribution in [0.4, 0.5) is 4.39 Å². The number of carbonyl (C=O) groups is 1. The van der Waals surface area contributed by atoms with Crippen molar-refractivity contribution in [1.29, 1.82) is 0 Å². The van der Waals surface area contributed by atoms with Gasteiger partial charge in [-0.15, -0.1) is 11.3 Å². The lowest BCUT2D eigenvalue weighted by Gasteiger charge is -2.24. The summed E-state index contributed by atoms with van der Waals surface area (Å²) in [6, 6.07) is 6.96. The first kappa shape index (κ1) is 14.2. The molecule has 1 saturated heterocycles. The van der Waals surface area contributed by atoms with Crippen molar-refractivity contribution in [2.45, 2.75) is 32.5 Å². The van der Waals surface area contributed by atoms with Crippen LogP contribution in [-0.4, -0.2) is 22.3 Å². The van der Waals surface area contributed by atoms with E-state index < -0.39 is 6.67 Å². The number of aryl methyl sites for hydroxylation is 1. The fraction of sp³-hybridized carbons (Fsp3) is 0.375. The summed E-state index contributed by atoms with van der Waals surface area (Å²) in [6.07, 6.45) is 1.89. The molecular weight excluding hydrogens is 287 g/mol. The molecule has 1 aromatic heterocycles. The molecule has 1 aromatic carbocycles. The van der Waals surface area contributed by atoms with Gasteiger partial charge in [0.05, 0.1) is 6.04 Å². The number of likely N-dealkylation sites (tertiary alicyclic amines) is 1. The molecule has 0 bridgehead atoms. The summed E-state index contributed by atoms with van der Waals surface area (Å²) in [5.41, 5.74) is 1.92. The lowest BCUT2D eigenvalue weighted by atomic mass is 10.1. The molecule has 3 rings (SSSR count). The van der Waals surface area contributed by atoms with E-state index in [0.29, 0.717) is 17.7 Å². The molecule has 5 heteroatoms. The van der Waals surface area contributed by atoms with Gasteiger partial charge in [-0.05, 0) is 31.4 Å². The van der Waals surface area contributed by atoms with Crippen LogP contribution in [0.3, 0.4) is 0 Å². The first-order valence-electron chi connectivity index (χ1n) is 7.07. The van der Waals surface area contributed by atoms with Crippen LogP contribution in [0.2, 0.25) is 0 Å². The van der Waals surface area contributed by atoms with Crippen LogP contribution in [0, 0.1) is 6.92 Å². The number of halogens is 1. The highest BCUT2D eigenvalue weighted by Gasteiger charge is 2.33. The fourth-order valence-electron chi connectivity index (χ4n) is 2.79. The maximum Gasteiger partial charge on any atom is 0.254 e. The van der Waals surface area contributed by atoms with Crippen molar-refractivity contribution in [2.24, 2.45) is 0 Å². The normalized spacial score (nSPS) is 18.2. The van der Waals surface area contributed by atoms with E-state index in [2.05, 4.69) is 4.98 Å². The van der Waals surface area contributed by atoms with Crippen LogP contribution < -0.4 is 0 Å². The van der Waals surface area contributed by atoms with Crippen LogP contribution in [0.1, 0.15) is 45.5 Å². The third-order valence-electron chi connectivity index (χ3n) is 3.83. The summed E-state index contributed by atoms with van der Waals surface area (Å²) in [4.78, 5) is 19.1. The number of hydrogen-bond acceptors (Lipinski definition) is 3. The zero-order valence-corrected chi connectivity index (χ0v) is 12.7. The van der Waals surface area contributed by atoms with Gasteiger partial charge in [0.25, 0.3) is 5.91 Å². The molecule has 1 amide bonds. The Kier molecular flexibility index (Phi) is 4.01. The number of amides is 1. The number of alkyl halides is 1. The zero-order chi connectivity index (χ0) is 14.8. The predicted molar refractivity (Wildman–Crippen MR) is 81.1 cm³/mol. The van der Waals surface area contributed by atoms with Gasteiger partial charge in [-0.2, -0.15) is 0 Å². The Hall–Kier alpha value is -1.75. The first-order valence-corrected chi connectivity index (χ1v) is 7.95. The Morgan fingerprint density at radius 1 is 1.48 bits per heavy atom. The van der Waals surface area contributed by atoms with Crippen molar-refractivity contribution in [3.63, 3.8) is 0 Å². The molecule has 0 spiro atoms. The van der Waals surface area contributed by atoms with Crippen molar-refractivity contribution in [3.8, 4) is 0 Å². The molecule has 0 saturated carbocycles. The lowest BCUT2D eigenvalue weighted by Crippen LogP contribution is -2.31. The molecule has 21 heavy (non-hydrogen) atoms. The van der Waals surface area contributed by atoms with Crippen LogP contribution in [-0.2, 0) is 6.67 Å². The van der Waals surface area contributed by atoms with Crippen LogP contribution in [0.15, 0.2) is 29.6 Å². The molecule has 1 fully saturated rings. The third kappa shape index (κ3) is 2.70. The Labute approximate surface area is 127 Å². The van der Waals surface area contributed by atoms with Gasteiger partial charge >= 0.3 is 0 Å². The second kappa shape index (κ2) is 5.93. The van der Waals surface area contributed by atoms with Crippen LogP contribution in [0.25, 0.3) is 0 Å². The maximum absolute atomic E-state index is 13.1. The molecule has 1 aliphatic rings. The van der Waals surface area contributed by atoms with Crippen molar-refractivity contribution in [2.75, 3.05) is 6.54 Å². The summed E-state index contributed by atoms with van der Waals surface area (Å²) in [5.74, 6) is -0.0846. The number of nitrogens with zero attached hydrogens (tertiary/aromatic N) is 2. The van der Waals surface area contributed by atoms with Gasteiger partial charge in [0.15, 0.2) is 0 Å². The largest absolute Gasteiger partial charge is 0.329 e. The van der Waals surface area contributed by atoms with Crippen molar-refractivity contribution < 1.29 is 9.18 Å². The molecule has 0 radical (unpaired) electrons. The zero-order valence-electron chi connectivity index (χ0n) is 11.9. The highest BCUT2D eigenvalue weighted by atomic mass is 32.1. The van der Waals surface area contributed by atoms with Crippen molar-refractivity contribution in [3.05, 3.63) is 51.5 Å². The Morgan fingerprint density at radius 2 is 2.29 bits per heavy atom. The molecule has 1 unspecified atom stereocenters. The summed E-state index contributed by atoms with van der Waals surface area (Å²) < 4.78 is 13.1. The van der Waals surface area contributed by atoms with Crippen LogP contribution >= 0.6 is 11.3 Å². The standard InChI is InChI=1S/C16H17FN2OS/c1-11-10-21-15(18-11)14-7-4-8-19(14)16(20)13-6-3-2-5-12(13)9-17/h2-3,5-6,10,14H,4,7-9H2,1H3. The fourth-order valence-corrected chi connectivity index (χ4v) is 3.73. The van der Waals surface area contributed by atoms with E-state index >= 15 is 0 Å². The van der Waals surface area contributed by atoms with E-state index in [9.17, 15) is 9.18 Å². The van der Waals surface area contributed by atoms with Gasteiger partial charge in [-0.1, -0.05) is 18.2 Å². The predicted octanol–water partition coefficient (Wildman–Crippen LogP) is 3.90. The smallest absolute Gasteiger partial charge is 0.254 e. The van der Waals surface area contributed by atoms with Gasteiger partial charge < -0.3 is 4.90 Å². The van der Waals surface area contributed by atoms with Gasteiger partial charge in [0.1, 0.15) is 11.7 Å². The van der Waals surface area contributed by atoms with E-state index in [1.165, 1.54) is 0 Å². The second-order valence-electron chi connectivity index (χ2n) is 5.27. The van der Waals surface area contributed by atoms with Crippen molar-refractivity contribution in [1.82, 2.24) is 9.88 Å². The van der Waals surface area contributed by atoms with E-state index in [1.54, 1.807) is 35.6 Å². The SMILES string of the molecule is Cc1csc(C2CCCN2C(=O)c2ccccc2CF)n1. The number of hydrogen-bond donors (Lipinski definition) is 0. The molecule has 0 N–H and O–H groups in total. The highest BCUT2D eigenvalue weighted by molar-refractivity contribution is 7.09. The van der Waals surface area contributed by atoms with Gasteiger partial charge in [0.2, 0.25) is 0 Å². The Balaban J connectivity index is 1.89. The lowest BCUT2D eigenvalue weighted by molar-refractivity contribution is 0.0733. The maximum atomic E-state index is 13.1. The molecule has 1 aliphatic heterocycles. The Bertz CT molecular complexity index is 655. The third-order valence-corrected chi connectivity index (χ3v) is 4.89. The molecule has 0 aliphatic carbocycles. The minimum absolute atomic E-state index is 0.0314. The van der Waals surface area contributed by atoms with Gasteiger partial charge in [-0.3, -0.25) is 4.79 Å². The number of thiazole rings is 1. The van der Waals surface area contributed by atoms with Gasteiger partial charge in [-0.25, -0.2) is 9.37 Å². The first-order chi connectivity index (χ1) is 10.2. The second-order valence-corrected chi connectivity index (χ2v) is 6.16. The summed E-state index contributed by atoms with van der Waals surface area (Å²) >= 11 is 1.59. The number of benzene rings is 1. The number of aromatic nitrogens is 1. The van der Waals surface area contributed by atoms with E-state index in [1.807, 2.05) is 17.2 Å². The molecule has 1 atom stereocenters.